The first-order valence-corrected chi connectivity index (χ1v) is 8.70. The van der Waals surface area contributed by atoms with E-state index in [9.17, 15) is 13.2 Å². The summed E-state index contributed by atoms with van der Waals surface area (Å²) in [6.45, 7) is 0.287. The van der Waals surface area contributed by atoms with Crippen molar-refractivity contribution in [3.05, 3.63) is 42.5 Å². The summed E-state index contributed by atoms with van der Waals surface area (Å²) >= 11 is 0. The largest absolute Gasteiger partial charge is 0.497 e. The van der Waals surface area contributed by atoms with Crippen molar-refractivity contribution in [2.45, 2.75) is 11.3 Å². The van der Waals surface area contributed by atoms with Gasteiger partial charge in [-0.2, -0.15) is 0 Å². The van der Waals surface area contributed by atoms with Gasteiger partial charge in [-0.05, 0) is 42.5 Å². The number of carbonyl (C=O) groups excluding carboxylic acids is 1. The van der Waals surface area contributed by atoms with Crippen LogP contribution in [0.15, 0.2) is 47.4 Å². The minimum atomic E-state index is -3.75. The first-order chi connectivity index (χ1) is 11.5. The van der Waals surface area contributed by atoms with Crippen LogP contribution in [0.4, 0.5) is 11.4 Å². The van der Waals surface area contributed by atoms with Crippen LogP contribution in [-0.4, -0.2) is 28.0 Å². The molecule has 0 bridgehead atoms. The minimum Gasteiger partial charge on any atom is -0.497 e. The van der Waals surface area contributed by atoms with E-state index in [-0.39, 0.29) is 23.8 Å². The summed E-state index contributed by atoms with van der Waals surface area (Å²) in [6.07, 6.45) is 0.252. The summed E-state index contributed by atoms with van der Waals surface area (Å²) in [5.41, 5.74) is 0.766. The molecule has 126 valence electrons. The molecule has 1 aliphatic rings. The van der Waals surface area contributed by atoms with Crippen molar-refractivity contribution in [1.29, 1.82) is 0 Å². The van der Waals surface area contributed by atoms with Crippen LogP contribution < -0.4 is 19.5 Å². The monoisotopic (exact) mass is 348 g/mol. The number of anilines is 2. The fraction of sp³-hybridized carbons (Fsp3) is 0.188. The summed E-state index contributed by atoms with van der Waals surface area (Å²) < 4.78 is 37.8. The molecule has 0 radical (unpaired) electrons. The number of carbonyl (C=O) groups is 1. The zero-order valence-electron chi connectivity index (χ0n) is 12.9. The van der Waals surface area contributed by atoms with Crippen LogP contribution in [0.3, 0.4) is 0 Å². The Morgan fingerprint density at radius 1 is 1.17 bits per heavy atom. The van der Waals surface area contributed by atoms with Crippen molar-refractivity contribution in [1.82, 2.24) is 0 Å². The van der Waals surface area contributed by atoms with Crippen LogP contribution in [0.1, 0.15) is 6.42 Å². The Balaban J connectivity index is 1.85. The standard InChI is InChI=1S/C16H16N2O5S/c1-22-12-3-5-13(6-4-12)24(20,21)18-11-2-7-15-14(10-11)17-16(19)8-9-23-15/h2-7,10,18H,8-9H2,1H3,(H,17,19). The van der Waals surface area contributed by atoms with E-state index < -0.39 is 10.0 Å². The molecule has 0 aliphatic carbocycles. The molecule has 2 aromatic carbocycles. The van der Waals surface area contributed by atoms with Gasteiger partial charge in [0.05, 0.1) is 36.4 Å². The molecule has 0 unspecified atom stereocenters. The lowest BCUT2D eigenvalue weighted by Gasteiger charge is -2.12. The molecule has 1 aliphatic heterocycles. The Labute approximate surface area is 139 Å². The van der Waals surface area contributed by atoms with Gasteiger partial charge in [0.15, 0.2) is 0 Å². The van der Waals surface area contributed by atoms with E-state index >= 15 is 0 Å². The highest BCUT2D eigenvalue weighted by Crippen LogP contribution is 2.31. The highest BCUT2D eigenvalue weighted by molar-refractivity contribution is 7.92. The van der Waals surface area contributed by atoms with E-state index in [1.54, 1.807) is 24.3 Å². The zero-order chi connectivity index (χ0) is 17.2. The number of amides is 1. The van der Waals surface area contributed by atoms with E-state index in [4.69, 9.17) is 9.47 Å². The average Bonchev–Trinajstić information content (AvgIpc) is 2.74. The van der Waals surface area contributed by atoms with Crippen LogP contribution in [0.2, 0.25) is 0 Å². The molecule has 1 amide bonds. The maximum atomic E-state index is 12.4. The van der Waals surface area contributed by atoms with Crippen LogP contribution in [-0.2, 0) is 14.8 Å². The summed E-state index contributed by atoms with van der Waals surface area (Å²) in [5, 5.41) is 2.69. The smallest absolute Gasteiger partial charge is 0.261 e. The highest BCUT2D eigenvalue weighted by Gasteiger charge is 2.18. The average molecular weight is 348 g/mol. The Bertz CT molecular complexity index is 863. The zero-order valence-corrected chi connectivity index (χ0v) is 13.7. The maximum Gasteiger partial charge on any atom is 0.261 e. The summed E-state index contributed by atoms with van der Waals surface area (Å²) in [4.78, 5) is 11.7. The third-order valence-electron chi connectivity index (χ3n) is 3.46. The summed E-state index contributed by atoms with van der Waals surface area (Å²) in [7, 11) is -2.24. The number of nitrogens with one attached hydrogen (secondary N) is 2. The molecule has 24 heavy (non-hydrogen) atoms. The van der Waals surface area contributed by atoms with Gasteiger partial charge < -0.3 is 14.8 Å². The van der Waals surface area contributed by atoms with Crippen LogP contribution in [0, 0.1) is 0 Å². The van der Waals surface area contributed by atoms with Gasteiger partial charge in [-0.25, -0.2) is 8.42 Å². The number of sulfonamides is 1. The number of fused-ring (bicyclic) bond motifs is 1. The summed E-state index contributed by atoms with van der Waals surface area (Å²) in [6, 6.07) is 10.8. The Hall–Kier alpha value is -2.74. The molecule has 0 spiro atoms. The van der Waals surface area contributed by atoms with E-state index in [0.717, 1.165) is 0 Å². The van der Waals surface area contributed by atoms with Crippen molar-refractivity contribution in [3.8, 4) is 11.5 Å². The number of hydrogen-bond acceptors (Lipinski definition) is 5. The number of rotatable bonds is 4. The Morgan fingerprint density at radius 3 is 2.62 bits per heavy atom. The van der Waals surface area contributed by atoms with Crippen LogP contribution >= 0.6 is 0 Å². The third-order valence-corrected chi connectivity index (χ3v) is 4.86. The lowest BCUT2D eigenvalue weighted by Crippen LogP contribution is -2.13. The molecule has 0 fully saturated rings. The molecule has 7 nitrogen and oxygen atoms in total. The predicted molar refractivity (Wildman–Crippen MR) is 89.0 cm³/mol. The maximum absolute atomic E-state index is 12.4. The second-order valence-electron chi connectivity index (χ2n) is 5.14. The second kappa shape index (κ2) is 6.40. The first kappa shape index (κ1) is 16.1. The van der Waals surface area contributed by atoms with E-state index in [1.807, 2.05) is 0 Å². The molecule has 8 heteroatoms. The first-order valence-electron chi connectivity index (χ1n) is 7.21. The van der Waals surface area contributed by atoms with Gasteiger partial charge >= 0.3 is 0 Å². The third kappa shape index (κ3) is 3.43. The van der Waals surface area contributed by atoms with Gasteiger partial charge in [0.25, 0.3) is 10.0 Å². The van der Waals surface area contributed by atoms with Crippen molar-refractivity contribution in [2.24, 2.45) is 0 Å². The van der Waals surface area contributed by atoms with Crippen molar-refractivity contribution >= 4 is 27.3 Å². The number of hydrogen-bond donors (Lipinski definition) is 2. The van der Waals surface area contributed by atoms with Gasteiger partial charge in [-0.15, -0.1) is 0 Å². The molecule has 3 rings (SSSR count). The second-order valence-corrected chi connectivity index (χ2v) is 6.82. The lowest BCUT2D eigenvalue weighted by molar-refractivity contribution is -0.116. The van der Waals surface area contributed by atoms with Gasteiger partial charge in [-0.3, -0.25) is 9.52 Å². The number of ether oxygens (including phenoxy) is 2. The molecule has 0 aromatic heterocycles. The van der Waals surface area contributed by atoms with E-state index in [0.29, 0.717) is 22.9 Å². The van der Waals surface area contributed by atoms with Crippen molar-refractivity contribution < 1.29 is 22.7 Å². The van der Waals surface area contributed by atoms with E-state index in [2.05, 4.69) is 10.0 Å². The van der Waals surface area contributed by atoms with Gasteiger partial charge in [0.2, 0.25) is 5.91 Å². The topological polar surface area (TPSA) is 93.7 Å². The molecule has 0 saturated carbocycles. The Kier molecular flexibility index (Phi) is 4.30. The number of benzene rings is 2. The molecule has 2 N–H and O–H groups in total. The molecule has 0 atom stereocenters. The van der Waals surface area contributed by atoms with Gasteiger partial charge in [-0.1, -0.05) is 0 Å². The van der Waals surface area contributed by atoms with Crippen LogP contribution in [0.25, 0.3) is 0 Å². The molecular formula is C16H16N2O5S. The fourth-order valence-corrected chi connectivity index (χ4v) is 3.30. The van der Waals surface area contributed by atoms with E-state index in [1.165, 1.54) is 25.3 Å². The predicted octanol–water partition coefficient (Wildman–Crippen LogP) is 2.22. The van der Waals surface area contributed by atoms with Crippen molar-refractivity contribution in [2.75, 3.05) is 23.8 Å². The SMILES string of the molecule is COc1ccc(S(=O)(=O)Nc2ccc3c(c2)NC(=O)CCO3)cc1. The molecule has 2 aromatic rings. The van der Waals surface area contributed by atoms with Crippen LogP contribution in [0.5, 0.6) is 11.5 Å². The summed E-state index contributed by atoms with van der Waals surface area (Å²) in [5.74, 6) is 0.899. The molecular weight excluding hydrogens is 332 g/mol. The molecule has 0 saturated heterocycles. The van der Waals surface area contributed by atoms with Gasteiger partial charge in [0, 0.05) is 0 Å². The fourth-order valence-electron chi connectivity index (χ4n) is 2.25. The highest BCUT2D eigenvalue weighted by atomic mass is 32.2. The van der Waals surface area contributed by atoms with Crippen molar-refractivity contribution in [3.63, 3.8) is 0 Å². The molecule has 1 heterocycles. The minimum absolute atomic E-state index is 0.110. The van der Waals surface area contributed by atoms with Gasteiger partial charge in [0.1, 0.15) is 11.5 Å². The lowest BCUT2D eigenvalue weighted by atomic mass is 10.2. The Morgan fingerprint density at radius 2 is 1.92 bits per heavy atom. The quantitative estimate of drug-likeness (QED) is 0.884. The normalized spacial score (nSPS) is 14.0. The number of methoxy groups -OCH3 is 1.